The Bertz CT molecular complexity index is 1140. The van der Waals surface area contributed by atoms with Gasteiger partial charge in [0.25, 0.3) is 0 Å². The van der Waals surface area contributed by atoms with Crippen LogP contribution in [0, 0.1) is 12.3 Å². The fourth-order valence-corrected chi connectivity index (χ4v) is 3.01. The highest BCUT2D eigenvalue weighted by Gasteiger charge is 2.31. The number of benzene rings is 2. The number of carbonyl (C=O) groups excluding carboxylic acids is 2. The van der Waals surface area contributed by atoms with Gasteiger partial charge in [0.1, 0.15) is 17.9 Å². The molecule has 0 N–H and O–H groups in total. The Kier molecular flexibility index (Phi) is 6.58. The average molecular weight is 420 g/mol. The minimum atomic E-state index is -0.737. The average Bonchev–Trinajstić information content (AvgIpc) is 3.22. The summed E-state index contributed by atoms with van der Waals surface area (Å²) in [5.74, 6) is 1.73. The van der Waals surface area contributed by atoms with Crippen LogP contribution in [0.2, 0.25) is 0 Å². The Hall–Kier alpha value is -4.25. The second kappa shape index (κ2) is 9.50. The van der Waals surface area contributed by atoms with E-state index in [2.05, 4.69) is 11.0 Å². The van der Waals surface area contributed by atoms with Crippen LogP contribution in [0.15, 0.2) is 48.5 Å². The molecule has 0 spiro atoms. The largest absolute Gasteiger partial charge is 0.493 e. The Morgan fingerprint density at radius 1 is 1.00 bits per heavy atom. The predicted octanol–water partition coefficient (Wildman–Crippen LogP) is 3.13. The third kappa shape index (κ3) is 4.21. The smallest absolute Gasteiger partial charge is 0.357 e. The molecular weight excluding hydrogens is 400 g/mol. The summed E-state index contributed by atoms with van der Waals surface area (Å²) in [5.41, 5.74) is 1.18. The van der Waals surface area contributed by atoms with Crippen LogP contribution in [0.4, 0.5) is 0 Å². The lowest BCUT2D eigenvalue weighted by atomic mass is 10.0. The molecule has 31 heavy (non-hydrogen) atoms. The van der Waals surface area contributed by atoms with Crippen molar-refractivity contribution in [3.63, 3.8) is 0 Å². The molecule has 0 saturated carbocycles. The number of carbonyl (C=O) groups is 2. The van der Waals surface area contributed by atoms with Crippen molar-refractivity contribution in [3.05, 3.63) is 59.8 Å². The number of methoxy groups -OCH3 is 3. The molecule has 0 unspecified atom stereocenters. The second-order valence-corrected chi connectivity index (χ2v) is 6.16. The van der Waals surface area contributed by atoms with Crippen molar-refractivity contribution in [2.75, 3.05) is 27.9 Å². The quantitative estimate of drug-likeness (QED) is 0.429. The summed E-state index contributed by atoms with van der Waals surface area (Å²) in [6.45, 7) is 0.0234. The number of para-hydroxylation sites is 1. The van der Waals surface area contributed by atoms with Gasteiger partial charge in [-0.2, -0.15) is 5.10 Å². The molecule has 2 aromatic carbocycles. The highest BCUT2D eigenvalue weighted by Crippen LogP contribution is 2.35. The maximum atomic E-state index is 12.7. The van der Waals surface area contributed by atoms with Gasteiger partial charge >= 0.3 is 11.9 Å². The zero-order chi connectivity index (χ0) is 22.4. The molecular formula is C23H20N2O6. The van der Waals surface area contributed by atoms with Crippen molar-refractivity contribution in [1.29, 1.82) is 0 Å². The Balaban J connectivity index is 2.30. The Morgan fingerprint density at radius 2 is 1.71 bits per heavy atom. The van der Waals surface area contributed by atoms with E-state index in [4.69, 9.17) is 25.4 Å². The molecule has 0 radical (unpaired) electrons. The van der Waals surface area contributed by atoms with E-state index in [0.717, 1.165) is 0 Å². The highest BCUT2D eigenvalue weighted by molar-refractivity contribution is 6.06. The van der Waals surface area contributed by atoms with Crippen LogP contribution in [0.5, 0.6) is 11.5 Å². The zero-order valence-electron chi connectivity index (χ0n) is 17.2. The minimum absolute atomic E-state index is 0.0234. The van der Waals surface area contributed by atoms with Crippen molar-refractivity contribution in [2.45, 2.75) is 0 Å². The maximum Gasteiger partial charge on any atom is 0.357 e. The summed E-state index contributed by atoms with van der Waals surface area (Å²) in [4.78, 5) is 25.4. The lowest BCUT2D eigenvalue weighted by Crippen LogP contribution is -2.15. The molecule has 1 heterocycles. The first-order valence-corrected chi connectivity index (χ1v) is 9.15. The van der Waals surface area contributed by atoms with Crippen LogP contribution in [0.3, 0.4) is 0 Å². The number of nitrogens with zero attached hydrogens (tertiary/aromatic N) is 2. The number of terminal acetylenes is 1. The van der Waals surface area contributed by atoms with E-state index in [1.54, 1.807) is 42.5 Å². The van der Waals surface area contributed by atoms with Gasteiger partial charge in [0, 0.05) is 5.56 Å². The molecule has 0 fully saturated rings. The van der Waals surface area contributed by atoms with Gasteiger partial charge in [-0.3, -0.25) is 0 Å². The molecule has 158 valence electrons. The summed E-state index contributed by atoms with van der Waals surface area (Å²) in [6.07, 6.45) is 5.29. The van der Waals surface area contributed by atoms with E-state index in [1.807, 2.05) is 6.07 Å². The van der Waals surface area contributed by atoms with Gasteiger partial charge in [0.05, 0.1) is 27.0 Å². The van der Waals surface area contributed by atoms with Gasteiger partial charge in [-0.1, -0.05) is 24.1 Å². The Labute approximate surface area is 179 Å². The van der Waals surface area contributed by atoms with E-state index in [0.29, 0.717) is 22.7 Å². The van der Waals surface area contributed by atoms with E-state index >= 15 is 0 Å². The van der Waals surface area contributed by atoms with E-state index in [-0.39, 0.29) is 23.6 Å². The van der Waals surface area contributed by atoms with Crippen LogP contribution in [-0.4, -0.2) is 49.7 Å². The molecule has 0 aliphatic heterocycles. The molecule has 0 aliphatic rings. The normalized spacial score (nSPS) is 10.1. The number of hydrogen-bond acceptors (Lipinski definition) is 7. The predicted molar refractivity (Wildman–Crippen MR) is 113 cm³/mol. The fourth-order valence-electron chi connectivity index (χ4n) is 3.01. The van der Waals surface area contributed by atoms with Gasteiger partial charge in [-0.25, -0.2) is 14.3 Å². The summed E-state index contributed by atoms with van der Waals surface area (Å²) < 4.78 is 22.1. The van der Waals surface area contributed by atoms with Crippen molar-refractivity contribution in [2.24, 2.45) is 0 Å². The van der Waals surface area contributed by atoms with Crippen LogP contribution in [0.1, 0.15) is 20.8 Å². The summed E-state index contributed by atoms with van der Waals surface area (Å²) >= 11 is 0. The molecule has 0 aliphatic carbocycles. The number of rotatable bonds is 7. The highest BCUT2D eigenvalue weighted by atomic mass is 16.5. The molecule has 0 bridgehead atoms. The van der Waals surface area contributed by atoms with Gasteiger partial charge < -0.3 is 18.9 Å². The molecule has 8 nitrogen and oxygen atoms in total. The van der Waals surface area contributed by atoms with Gasteiger partial charge in [0.15, 0.2) is 17.2 Å². The van der Waals surface area contributed by atoms with Crippen molar-refractivity contribution in [3.8, 4) is 40.8 Å². The van der Waals surface area contributed by atoms with Crippen molar-refractivity contribution < 1.29 is 28.5 Å². The van der Waals surface area contributed by atoms with E-state index in [9.17, 15) is 9.59 Å². The topological polar surface area (TPSA) is 88.9 Å². The van der Waals surface area contributed by atoms with Crippen LogP contribution in [0.25, 0.3) is 16.9 Å². The summed E-state index contributed by atoms with van der Waals surface area (Å²) in [6, 6.07) is 13.9. The van der Waals surface area contributed by atoms with Crippen molar-refractivity contribution >= 4 is 11.9 Å². The van der Waals surface area contributed by atoms with Crippen molar-refractivity contribution in [1.82, 2.24) is 9.78 Å². The van der Waals surface area contributed by atoms with Gasteiger partial charge in [-0.15, -0.1) is 6.42 Å². The first-order chi connectivity index (χ1) is 15.0. The van der Waals surface area contributed by atoms with Crippen LogP contribution in [-0.2, 0) is 9.47 Å². The molecule has 3 rings (SSSR count). The minimum Gasteiger partial charge on any atom is -0.493 e. The van der Waals surface area contributed by atoms with E-state index in [1.165, 1.54) is 26.0 Å². The molecule has 8 heteroatoms. The monoisotopic (exact) mass is 420 g/mol. The lowest BCUT2D eigenvalue weighted by molar-refractivity contribution is 0.0549. The SMILES string of the molecule is C#CCOc1cc(-c2nn(-c3ccccc3)c(C(=O)OC)c2C(=O)OC)ccc1OC. The van der Waals surface area contributed by atoms with Crippen LogP contribution >= 0.6 is 0 Å². The third-order valence-electron chi connectivity index (χ3n) is 4.40. The number of ether oxygens (including phenoxy) is 4. The molecule has 0 atom stereocenters. The number of esters is 2. The first-order valence-electron chi connectivity index (χ1n) is 9.15. The molecule has 0 amide bonds. The number of hydrogen-bond donors (Lipinski definition) is 0. The van der Waals surface area contributed by atoms with Crippen LogP contribution < -0.4 is 9.47 Å². The zero-order valence-corrected chi connectivity index (χ0v) is 17.2. The Morgan fingerprint density at radius 3 is 2.32 bits per heavy atom. The second-order valence-electron chi connectivity index (χ2n) is 6.16. The fraction of sp³-hybridized carbons (Fsp3) is 0.174. The first kappa shape index (κ1) is 21.5. The van der Waals surface area contributed by atoms with Gasteiger partial charge in [-0.05, 0) is 30.3 Å². The molecule has 0 saturated heterocycles. The molecule has 1 aromatic heterocycles. The third-order valence-corrected chi connectivity index (χ3v) is 4.40. The summed E-state index contributed by atoms with van der Waals surface area (Å²) in [5, 5.41) is 4.54. The van der Waals surface area contributed by atoms with Gasteiger partial charge in [0.2, 0.25) is 0 Å². The lowest BCUT2D eigenvalue weighted by Gasteiger charge is -2.10. The maximum absolute atomic E-state index is 12.7. The van der Waals surface area contributed by atoms with E-state index < -0.39 is 11.9 Å². The summed E-state index contributed by atoms with van der Waals surface area (Å²) in [7, 11) is 3.95. The molecule has 3 aromatic rings. The number of aromatic nitrogens is 2. The standard InChI is InChI=1S/C23H20N2O6/c1-5-13-31-18-14-15(11-12-17(18)28-2)20-19(22(26)29-3)21(23(27)30-4)25(24-20)16-9-7-6-8-10-16/h1,6-12,14H,13H2,2-4H3.